The molecule has 0 aliphatic rings. The number of hydrogen-bond acceptors (Lipinski definition) is 5. The maximum Gasteiger partial charge on any atom is 0.308 e. The summed E-state index contributed by atoms with van der Waals surface area (Å²) in [6.45, 7) is 3.78. The van der Waals surface area contributed by atoms with Gasteiger partial charge in [0.1, 0.15) is 5.52 Å². The highest BCUT2D eigenvalue weighted by molar-refractivity contribution is 6.32. The molecular weight excluding hydrogens is 382 g/mol. The number of fused-ring (bicyclic) bond motifs is 1. The Kier molecular flexibility index (Phi) is 5.90. The molecule has 0 unspecified atom stereocenters. The highest BCUT2D eigenvalue weighted by Gasteiger charge is 2.17. The normalized spacial score (nSPS) is 11.8. The van der Waals surface area contributed by atoms with Crippen LogP contribution in [0.15, 0.2) is 40.8 Å². The fourth-order valence-electron chi connectivity index (χ4n) is 2.74. The minimum absolute atomic E-state index is 0.0740. The second kappa shape index (κ2) is 8.35. The predicted molar refractivity (Wildman–Crippen MR) is 108 cm³/mol. The van der Waals surface area contributed by atoms with E-state index in [-0.39, 0.29) is 18.4 Å². The van der Waals surface area contributed by atoms with Crippen LogP contribution in [0.2, 0.25) is 5.02 Å². The van der Waals surface area contributed by atoms with Crippen molar-refractivity contribution < 1.29 is 23.8 Å². The molecule has 0 amide bonds. The number of aromatic nitrogens is 1. The fourth-order valence-corrected chi connectivity index (χ4v) is 3.00. The number of halogens is 1. The summed E-state index contributed by atoms with van der Waals surface area (Å²) in [5.41, 5.74) is 2.31. The summed E-state index contributed by atoms with van der Waals surface area (Å²) < 4.78 is 16.8. The number of methoxy groups -OCH3 is 1. The quantitative estimate of drug-likeness (QED) is 0.579. The van der Waals surface area contributed by atoms with Crippen molar-refractivity contribution in [2.24, 2.45) is 0 Å². The van der Waals surface area contributed by atoms with Gasteiger partial charge < -0.3 is 19.0 Å². The predicted octanol–water partition coefficient (Wildman–Crippen LogP) is 5.29. The minimum atomic E-state index is -0.994. The largest absolute Gasteiger partial charge is 0.493 e. The van der Waals surface area contributed by atoms with Crippen LogP contribution in [0.4, 0.5) is 0 Å². The van der Waals surface area contributed by atoms with Crippen molar-refractivity contribution in [2.45, 2.75) is 26.4 Å². The Balaban J connectivity index is 2.07. The summed E-state index contributed by atoms with van der Waals surface area (Å²) in [4.78, 5) is 15.8. The molecule has 1 heterocycles. The lowest BCUT2D eigenvalue weighted by Crippen LogP contribution is -2.07. The maximum absolute atomic E-state index is 11.4. The second-order valence-corrected chi connectivity index (χ2v) is 6.83. The Morgan fingerprint density at radius 3 is 2.71 bits per heavy atom. The Morgan fingerprint density at radius 2 is 2.07 bits per heavy atom. The summed E-state index contributed by atoms with van der Waals surface area (Å²) in [5.74, 6) is 0.158. The van der Waals surface area contributed by atoms with Gasteiger partial charge in [0.25, 0.3) is 0 Å². The Hall–Kier alpha value is -2.99. The van der Waals surface area contributed by atoms with Gasteiger partial charge in [-0.2, -0.15) is 0 Å². The van der Waals surface area contributed by atoms with Crippen LogP contribution >= 0.6 is 11.6 Å². The van der Waals surface area contributed by atoms with Crippen molar-refractivity contribution in [3.63, 3.8) is 0 Å². The van der Waals surface area contributed by atoms with Crippen LogP contribution in [0, 0.1) is 0 Å². The molecule has 0 aliphatic carbocycles. The third-order valence-corrected chi connectivity index (χ3v) is 4.14. The maximum atomic E-state index is 11.4. The van der Waals surface area contributed by atoms with Crippen LogP contribution in [0.25, 0.3) is 22.7 Å². The summed E-state index contributed by atoms with van der Waals surface area (Å²) in [6, 6.07) is 10.7. The molecule has 0 radical (unpaired) electrons. The number of oxazole rings is 1. The zero-order valence-electron chi connectivity index (χ0n) is 15.7. The molecule has 1 N–H and O–H groups in total. The van der Waals surface area contributed by atoms with E-state index in [2.05, 4.69) is 4.98 Å². The molecule has 0 atom stereocenters. The summed E-state index contributed by atoms with van der Waals surface area (Å²) in [5, 5.41) is 9.68. The number of benzene rings is 2. The molecule has 28 heavy (non-hydrogen) atoms. The van der Waals surface area contributed by atoms with E-state index in [1.807, 2.05) is 26.0 Å². The van der Waals surface area contributed by atoms with E-state index in [0.717, 1.165) is 0 Å². The number of rotatable bonds is 7. The van der Waals surface area contributed by atoms with Crippen molar-refractivity contribution in [1.82, 2.24) is 4.98 Å². The third-order valence-electron chi connectivity index (χ3n) is 3.86. The minimum Gasteiger partial charge on any atom is -0.493 e. The number of ether oxygens (including phenoxy) is 2. The van der Waals surface area contributed by atoms with Gasteiger partial charge in [0.05, 0.1) is 24.7 Å². The van der Waals surface area contributed by atoms with Gasteiger partial charge in [0.2, 0.25) is 5.89 Å². The van der Waals surface area contributed by atoms with Gasteiger partial charge in [0.15, 0.2) is 17.1 Å². The van der Waals surface area contributed by atoms with Crippen molar-refractivity contribution in [3.8, 4) is 11.5 Å². The van der Waals surface area contributed by atoms with E-state index in [1.54, 1.807) is 30.3 Å². The number of carboxylic acid groups (broad SMARTS) is 1. The number of carboxylic acids is 1. The van der Waals surface area contributed by atoms with Crippen molar-refractivity contribution in [1.29, 1.82) is 0 Å². The molecule has 3 rings (SSSR count). The van der Waals surface area contributed by atoms with Crippen molar-refractivity contribution >= 4 is 40.3 Å². The topological polar surface area (TPSA) is 81.8 Å². The standard InChI is InChI=1S/C21H20ClNO5/c1-12(2)27-20-15(22)9-13(10-18(20)26-3)8-14(11-19(24)25)21-23-16-6-4-5-7-17(16)28-21/h4-10,12H,11H2,1-3H3,(H,24,25). The summed E-state index contributed by atoms with van der Waals surface area (Å²) in [6.07, 6.45) is 1.35. The molecule has 7 heteroatoms. The van der Waals surface area contributed by atoms with E-state index in [0.29, 0.717) is 38.8 Å². The van der Waals surface area contributed by atoms with Crippen LogP contribution in [0.1, 0.15) is 31.7 Å². The van der Waals surface area contributed by atoms with E-state index in [4.69, 9.17) is 25.5 Å². The molecule has 0 aliphatic heterocycles. The molecule has 6 nitrogen and oxygen atoms in total. The molecule has 1 aromatic heterocycles. The lowest BCUT2D eigenvalue weighted by molar-refractivity contribution is -0.135. The highest BCUT2D eigenvalue weighted by Crippen LogP contribution is 2.38. The van der Waals surface area contributed by atoms with Gasteiger partial charge in [-0.25, -0.2) is 4.98 Å². The summed E-state index contributed by atoms with van der Waals surface area (Å²) in [7, 11) is 1.52. The van der Waals surface area contributed by atoms with Crippen LogP contribution in [-0.4, -0.2) is 29.3 Å². The number of aliphatic carboxylic acids is 1. The van der Waals surface area contributed by atoms with Crippen molar-refractivity contribution in [2.75, 3.05) is 7.11 Å². The van der Waals surface area contributed by atoms with Crippen LogP contribution in [0.5, 0.6) is 11.5 Å². The van der Waals surface area contributed by atoms with Gasteiger partial charge in [-0.1, -0.05) is 23.7 Å². The van der Waals surface area contributed by atoms with Crippen molar-refractivity contribution in [3.05, 3.63) is 52.9 Å². The van der Waals surface area contributed by atoms with E-state index >= 15 is 0 Å². The zero-order chi connectivity index (χ0) is 20.3. The average molecular weight is 402 g/mol. The van der Waals surface area contributed by atoms with Gasteiger partial charge in [-0.15, -0.1) is 0 Å². The molecule has 146 valence electrons. The number of hydrogen-bond donors (Lipinski definition) is 1. The van der Waals surface area contributed by atoms with E-state index in [1.165, 1.54) is 7.11 Å². The second-order valence-electron chi connectivity index (χ2n) is 6.43. The molecule has 0 fully saturated rings. The molecule has 0 saturated carbocycles. The number of para-hydroxylation sites is 2. The molecule has 2 aromatic carbocycles. The van der Waals surface area contributed by atoms with Gasteiger partial charge in [-0.05, 0) is 49.8 Å². The molecule has 0 bridgehead atoms. The van der Waals surface area contributed by atoms with Crippen LogP contribution < -0.4 is 9.47 Å². The zero-order valence-corrected chi connectivity index (χ0v) is 16.5. The Bertz CT molecular complexity index is 1010. The lowest BCUT2D eigenvalue weighted by atomic mass is 10.1. The SMILES string of the molecule is COc1cc(C=C(CC(=O)O)c2nc3ccccc3o2)cc(Cl)c1OC(C)C. The molecule has 0 saturated heterocycles. The smallest absolute Gasteiger partial charge is 0.308 e. The number of nitrogens with zero attached hydrogens (tertiary/aromatic N) is 1. The monoisotopic (exact) mass is 401 g/mol. The first kappa shape index (κ1) is 19.8. The Morgan fingerprint density at radius 1 is 1.32 bits per heavy atom. The lowest BCUT2D eigenvalue weighted by Gasteiger charge is -2.16. The third kappa shape index (κ3) is 4.46. The summed E-state index contributed by atoms with van der Waals surface area (Å²) >= 11 is 6.37. The molecule has 3 aromatic rings. The fraction of sp³-hybridized carbons (Fsp3) is 0.238. The van der Waals surface area contributed by atoms with Gasteiger partial charge >= 0.3 is 5.97 Å². The van der Waals surface area contributed by atoms with E-state index in [9.17, 15) is 9.90 Å². The average Bonchev–Trinajstić information content (AvgIpc) is 3.06. The molecular formula is C21H20ClNO5. The first-order valence-corrected chi connectivity index (χ1v) is 9.07. The first-order chi connectivity index (χ1) is 13.4. The van der Waals surface area contributed by atoms with Crippen LogP contribution in [-0.2, 0) is 4.79 Å². The Labute approximate surface area is 167 Å². The highest BCUT2D eigenvalue weighted by atomic mass is 35.5. The van der Waals surface area contributed by atoms with E-state index < -0.39 is 5.97 Å². The molecule has 0 spiro atoms. The first-order valence-electron chi connectivity index (χ1n) is 8.70. The van der Waals surface area contributed by atoms with Gasteiger partial charge in [0, 0.05) is 5.57 Å². The van der Waals surface area contributed by atoms with Gasteiger partial charge in [-0.3, -0.25) is 4.79 Å². The number of carbonyl (C=O) groups is 1. The van der Waals surface area contributed by atoms with Crippen LogP contribution in [0.3, 0.4) is 0 Å².